The van der Waals surface area contributed by atoms with Crippen LogP contribution in [0.3, 0.4) is 0 Å². The molecule has 40 heavy (non-hydrogen) atoms. The predicted molar refractivity (Wildman–Crippen MR) is 166 cm³/mol. The number of benzene rings is 2. The Hall–Kier alpha value is -4.45. The predicted octanol–water partition coefficient (Wildman–Crippen LogP) is 8.41. The average Bonchev–Trinajstić information content (AvgIpc) is 3.33. The molecule has 4 aromatic rings. The van der Waals surface area contributed by atoms with Gasteiger partial charge in [-0.2, -0.15) is 0 Å². The molecule has 0 saturated carbocycles. The SMILES string of the molecule is C=C/C(=C\C(=C/C)c1ccc(NC)c(Cc2nc3c(-c4ccc(F)cc4)cncc3[nH]2)c1)NC(=C)CC(C)(C)C. The van der Waals surface area contributed by atoms with Crippen molar-refractivity contribution in [2.75, 3.05) is 12.4 Å². The Morgan fingerprint density at radius 3 is 2.50 bits per heavy atom. The molecule has 2 heterocycles. The van der Waals surface area contributed by atoms with Gasteiger partial charge in [0, 0.05) is 42.3 Å². The molecule has 0 saturated heterocycles. The van der Waals surface area contributed by atoms with Gasteiger partial charge in [0.1, 0.15) is 11.6 Å². The molecule has 5 nitrogen and oxygen atoms in total. The summed E-state index contributed by atoms with van der Waals surface area (Å²) in [5.41, 5.74) is 9.68. The number of pyridine rings is 1. The first-order valence-electron chi connectivity index (χ1n) is 13.4. The molecular weight excluding hydrogens is 497 g/mol. The minimum absolute atomic E-state index is 0.143. The van der Waals surface area contributed by atoms with Gasteiger partial charge < -0.3 is 15.6 Å². The number of H-pyrrole nitrogens is 1. The zero-order valence-corrected chi connectivity index (χ0v) is 24.0. The molecule has 2 aromatic carbocycles. The lowest BCUT2D eigenvalue weighted by Gasteiger charge is -2.21. The summed E-state index contributed by atoms with van der Waals surface area (Å²) in [5.74, 6) is 0.553. The summed E-state index contributed by atoms with van der Waals surface area (Å²) in [6.45, 7) is 16.8. The molecule has 0 bridgehead atoms. The summed E-state index contributed by atoms with van der Waals surface area (Å²) in [6.07, 6.45) is 11.0. The molecule has 0 unspecified atom stereocenters. The number of allylic oxidation sites excluding steroid dienone is 5. The molecule has 0 aliphatic carbocycles. The van der Waals surface area contributed by atoms with Crippen molar-refractivity contribution in [1.29, 1.82) is 0 Å². The molecule has 206 valence electrons. The van der Waals surface area contributed by atoms with E-state index in [2.05, 4.69) is 84.9 Å². The number of aromatic amines is 1. The number of imidazole rings is 1. The second-order valence-electron chi connectivity index (χ2n) is 11.1. The summed E-state index contributed by atoms with van der Waals surface area (Å²) in [4.78, 5) is 12.7. The Bertz CT molecular complexity index is 1580. The van der Waals surface area contributed by atoms with Crippen LogP contribution in [-0.4, -0.2) is 22.0 Å². The van der Waals surface area contributed by atoms with Gasteiger partial charge in [-0.05, 0) is 77.4 Å². The number of rotatable bonds is 10. The Balaban J connectivity index is 1.64. The van der Waals surface area contributed by atoms with E-state index < -0.39 is 0 Å². The van der Waals surface area contributed by atoms with E-state index in [-0.39, 0.29) is 11.2 Å². The zero-order chi connectivity index (χ0) is 28.9. The maximum atomic E-state index is 13.5. The number of fused-ring (bicyclic) bond motifs is 1. The fourth-order valence-corrected chi connectivity index (χ4v) is 4.79. The molecule has 0 fully saturated rings. The van der Waals surface area contributed by atoms with Crippen molar-refractivity contribution in [2.24, 2.45) is 5.41 Å². The van der Waals surface area contributed by atoms with E-state index in [1.165, 1.54) is 12.1 Å². The fraction of sp³-hybridized carbons (Fsp3) is 0.235. The standard InChI is InChI=1S/C34H38FN5/c1-8-23(17-28(9-2)38-22(3)19-34(4,5)6)25-12-15-30(36-7)26(16-25)18-32-39-31-21-37-20-29(33(31)40-32)24-10-13-27(35)14-11-24/h8-17,20-21,36,38H,2-3,18-19H2,1,4-7H3,(H,39,40)/b23-8+,28-17+. The maximum absolute atomic E-state index is 13.5. The summed E-state index contributed by atoms with van der Waals surface area (Å²) >= 11 is 0. The third-order valence-electron chi connectivity index (χ3n) is 6.57. The maximum Gasteiger partial charge on any atom is 0.123 e. The van der Waals surface area contributed by atoms with Crippen LogP contribution in [0.5, 0.6) is 0 Å². The minimum Gasteiger partial charge on any atom is -0.388 e. The second kappa shape index (κ2) is 12.2. The lowest BCUT2D eigenvalue weighted by Crippen LogP contribution is -2.16. The molecular formula is C34H38FN5. The van der Waals surface area contributed by atoms with Crippen molar-refractivity contribution in [1.82, 2.24) is 20.3 Å². The van der Waals surface area contributed by atoms with Crippen LogP contribution in [0.15, 0.2) is 97.6 Å². The van der Waals surface area contributed by atoms with Crippen LogP contribution in [0, 0.1) is 11.2 Å². The molecule has 0 spiro atoms. The number of hydrogen-bond donors (Lipinski definition) is 3. The first-order chi connectivity index (χ1) is 19.1. The number of nitrogens with one attached hydrogen (secondary N) is 3. The van der Waals surface area contributed by atoms with Gasteiger partial charge in [-0.3, -0.25) is 4.98 Å². The Morgan fingerprint density at radius 2 is 1.85 bits per heavy atom. The van der Waals surface area contributed by atoms with Gasteiger partial charge in [0.25, 0.3) is 0 Å². The molecule has 0 aliphatic heterocycles. The number of halogens is 1. The van der Waals surface area contributed by atoms with E-state index in [0.717, 1.165) is 68.2 Å². The molecule has 0 amide bonds. The van der Waals surface area contributed by atoms with Crippen molar-refractivity contribution in [3.63, 3.8) is 0 Å². The highest BCUT2D eigenvalue weighted by Gasteiger charge is 2.14. The van der Waals surface area contributed by atoms with Gasteiger partial charge in [-0.1, -0.05) is 58.2 Å². The summed E-state index contributed by atoms with van der Waals surface area (Å²) in [6, 6.07) is 12.8. The summed E-state index contributed by atoms with van der Waals surface area (Å²) in [7, 11) is 1.92. The van der Waals surface area contributed by atoms with Gasteiger partial charge >= 0.3 is 0 Å². The number of nitrogens with zero attached hydrogens (tertiary/aromatic N) is 2. The van der Waals surface area contributed by atoms with Gasteiger partial charge in [0.2, 0.25) is 0 Å². The van der Waals surface area contributed by atoms with Crippen LogP contribution < -0.4 is 10.6 Å². The minimum atomic E-state index is -0.271. The van der Waals surface area contributed by atoms with Gasteiger partial charge in [-0.25, -0.2) is 9.37 Å². The molecule has 0 aliphatic rings. The second-order valence-corrected chi connectivity index (χ2v) is 11.1. The smallest absolute Gasteiger partial charge is 0.123 e. The normalized spacial score (nSPS) is 12.4. The van der Waals surface area contributed by atoms with Gasteiger partial charge in [0.15, 0.2) is 0 Å². The van der Waals surface area contributed by atoms with Crippen LogP contribution in [-0.2, 0) is 6.42 Å². The Labute approximate surface area is 236 Å². The Kier molecular flexibility index (Phi) is 8.68. The molecule has 2 aromatic heterocycles. The van der Waals surface area contributed by atoms with E-state index in [9.17, 15) is 4.39 Å². The van der Waals surface area contributed by atoms with Crippen LogP contribution in [0.1, 0.15) is 51.1 Å². The molecule has 4 rings (SSSR count). The van der Waals surface area contributed by atoms with E-state index in [4.69, 9.17) is 4.98 Å². The summed E-state index contributed by atoms with van der Waals surface area (Å²) < 4.78 is 13.5. The Morgan fingerprint density at radius 1 is 1.10 bits per heavy atom. The van der Waals surface area contributed by atoms with Gasteiger partial charge in [-0.15, -0.1) is 0 Å². The van der Waals surface area contributed by atoms with Crippen molar-refractivity contribution in [2.45, 2.75) is 40.5 Å². The van der Waals surface area contributed by atoms with Crippen LogP contribution >= 0.6 is 0 Å². The van der Waals surface area contributed by atoms with Gasteiger partial charge in [0.05, 0.1) is 17.2 Å². The van der Waals surface area contributed by atoms with E-state index in [1.807, 2.05) is 20.0 Å². The van der Waals surface area contributed by atoms with Crippen molar-refractivity contribution in [3.8, 4) is 11.1 Å². The highest BCUT2D eigenvalue weighted by Crippen LogP contribution is 2.29. The van der Waals surface area contributed by atoms with Crippen LogP contribution in [0.4, 0.5) is 10.1 Å². The van der Waals surface area contributed by atoms with E-state index in [1.54, 1.807) is 24.5 Å². The first-order valence-corrected chi connectivity index (χ1v) is 13.4. The average molecular weight is 536 g/mol. The first kappa shape index (κ1) is 28.6. The lowest BCUT2D eigenvalue weighted by atomic mass is 9.91. The molecule has 6 heteroatoms. The quantitative estimate of drug-likeness (QED) is 0.178. The van der Waals surface area contributed by atoms with Crippen molar-refractivity contribution in [3.05, 3.63) is 120 Å². The van der Waals surface area contributed by atoms with Crippen LogP contribution in [0.2, 0.25) is 0 Å². The van der Waals surface area contributed by atoms with E-state index >= 15 is 0 Å². The number of anilines is 1. The molecule has 0 atom stereocenters. The lowest BCUT2D eigenvalue weighted by molar-refractivity contribution is 0.403. The molecule has 3 N–H and O–H groups in total. The third kappa shape index (κ3) is 6.94. The van der Waals surface area contributed by atoms with E-state index in [0.29, 0.717) is 6.42 Å². The topological polar surface area (TPSA) is 65.6 Å². The molecule has 0 radical (unpaired) electrons. The monoisotopic (exact) mass is 535 g/mol. The number of hydrogen-bond acceptors (Lipinski definition) is 4. The largest absolute Gasteiger partial charge is 0.388 e. The highest BCUT2D eigenvalue weighted by molar-refractivity contribution is 5.91. The van der Waals surface area contributed by atoms with Crippen molar-refractivity contribution >= 4 is 22.3 Å². The highest BCUT2D eigenvalue weighted by atomic mass is 19.1. The third-order valence-corrected chi connectivity index (χ3v) is 6.57. The number of aromatic nitrogens is 3. The zero-order valence-electron chi connectivity index (χ0n) is 24.0. The fourth-order valence-electron chi connectivity index (χ4n) is 4.79. The van der Waals surface area contributed by atoms with Crippen molar-refractivity contribution < 1.29 is 4.39 Å². The summed E-state index contributed by atoms with van der Waals surface area (Å²) in [5, 5.41) is 6.74. The van der Waals surface area contributed by atoms with Crippen LogP contribution in [0.25, 0.3) is 27.7 Å².